The van der Waals surface area contributed by atoms with Gasteiger partial charge in [-0.05, 0) is 17.5 Å². The summed E-state index contributed by atoms with van der Waals surface area (Å²) in [4.78, 5) is 0. The predicted octanol–water partition coefficient (Wildman–Crippen LogP) is 8.09. The molecule has 0 aliphatic heterocycles. The van der Waals surface area contributed by atoms with Crippen LogP contribution in [0.2, 0.25) is 0 Å². The van der Waals surface area contributed by atoms with Crippen LogP contribution in [0.1, 0.15) is 37.0 Å². The number of alkyl halides is 15. The van der Waals surface area contributed by atoms with Crippen molar-refractivity contribution in [3.8, 4) is 0 Å². The zero-order chi connectivity index (χ0) is 27.9. The first kappa shape index (κ1) is 31.2. The van der Waals surface area contributed by atoms with Gasteiger partial charge in [0.1, 0.15) is 0 Å². The molecule has 0 aliphatic rings. The molecule has 0 spiro atoms. The molecule has 1 unspecified atom stereocenters. The zero-order valence-corrected chi connectivity index (χ0v) is 17.6. The van der Waals surface area contributed by atoms with Gasteiger partial charge >= 0.3 is 41.7 Å². The Morgan fingerprint density at radius 3 is 1.40 bits per heavy atom. The van der Waals surface area contributed by atoms with Gasteiger partial charge < -0.3 is 4.74 Å². The van der Waals surface area contributed by atoms with Gasteiger partial charge in [-0.1, -0.05) is 37.6 Å². The number of hydrogen-bond acceptors (Lipinski definition) is 1. The Balaban J connectivity index is 3.43. The molecule has 1 aromatic rings. The van der Waals surface area contributed by atoms with Crippen LogP contribution < -0.4 is 0 Å². The molecule has 0 N–H and O–H groups in total. The summed E-state index contributed by atoms with van der Waals surface area (Å²) >= 11 is 0. The van der Waals surface area contributed by atoms with Gasteiger partial charge in [-0.25, -0.2) is 0 Å². The van der Waals surface area contributed by atoms with Crippen molar-refractivity contribution in [1.82, 2.24) is 0 Å². The van der Waals surface area contributed by atoms with Gasteiger partial charge in [0.05, 0.1) is 6.10 Å². The molecular weight excluding hydrogens is 529 g/mol. The first-order chi connectivity index (χ1) is 15.5. The second kappa shape index (κ2) is 9.54. The lowest BCUT2D eigenvalue weighted by Gasteiger charge is -2.42. The quantitative estimate of drug-likeness (QED) is 0.255. The van der Waals surface area contributed by atoms with Gasteiger partial charge in [-0.3, -0.25) is 0 Å². The van der Waals surface area contributed by atoms with E-state index >= 15 is 0 Å². The third kappa shape index (κ3) is 5.03. The van der Waals surface area contributed by atoms with Crippen LogP contribution in [0.3, 0.4) is 0 Å². The van der Waals surface area contributed by atoms with Crippen LogP contribution in [-0.4, -0.2) is 48.8 Å². The highest BCUT2D eigenvalue weighted by Crippen LogP contribution is 2.63. The largest absolute Gasteiger partial charge is 0.460 e. The minimum atomic E-state index is -8.30. The van der Waals surface area contributed by atoms with Gasteiger partial charge in [-0.2, -0.15) is 65.9 Å². The lowest BCUT2D eigenvalue weighted by atomic mass is 9.88. The Morgan fingerprint density at radius 1 is 0.629 bits per heavy atom. The summed E-state index contributed by atoms with van der Waals surface area (Å²) < 4.78 is 204. The highest BCUT2D eigenvalue weighted by Gasteiger charge is 2.93. The lowest BCUT2D eigenvalue weighted by molar-refractivity contribution is -0.453. The van der Waals surface area contributed by atoms with Crippen LogP contribution >= 0.6 is 0 Å². The Morgan fingerprint density at radius 2 is 1.03 bits per heavy atom. The van der Waals surface area contributed by atoms with E-state index in [1.165, 1.54) is 12.1 Å². The second-order valence-corrected chi connectivity index (χ2v) is 7.49. The third-order valence-electron chi connectivity index (χ3n) is 5.01. The fourth-order valence-electron chi connectivity index (χ4n) is 2.89. The molecule has 0 heterocycles. The molecule has 1 aromatic carbocycles. The number of halogens is 15. The van der Waals surface area contributed by atoms with Crippen molar-refractivity contribution in [3.63, 3.8) is 0 Å². The van der Waals surface area contributed by atoms with Crippen molar-refractivity contribution in [3.05, 3.63) is 35.4 Å². The van der Waals surface area contributed by atoms with Crippen molar-refractivity contribution in [2.24, 2.45) is 0 Å². The van der Waals surface area contributed by atoms with Crippen molar-refractivity contribution in [2.75, 3.05) is 7.11 Å². The Bertz CT molecular complexity index is 843. The third-order valence-corrected chi connectivity index (χ3v) is 5.01. The molecule has 0 saturated carbocycles. The Kier molecular flexibility index (Phi) is 8.49. The monoisotopic (exact) mass is 546 g/mol. The summed E-state index contributed by atoms with van der Waals surface area (Å²) in [5.41, 5.74) is 0.244. The number of methoxy groups -OCH3 is 1. The molecule has 0 radical (unpaired) electrons. The van der Waals surface area contributed by atoms with E-state index in [-0.39, 0.29) is 5.56 Å². The molecule has 1 nitrogen and oxygen atoms in total. The number of benzene rings is 1. The first-order valence-corrected chi connectivity index (χ1v) is 9.41. The van der Waals surface area contributed by atoms with E-state index in [0.29, 0.717) is 25.5 Å². The summed E-state index contributed by atoms with van der Waals surface area (Å²) in [6.07, 6.45) is -11.3. The van der Waals surface area contributed by atoms with E-state index in [1.807, 2.05) is 0 Å². The number of hydrogen-bond donors (Lipinski definition) is 0. The fraction of sp³-hybridized carbons (Fsp3) is 0.684. The van der Waals surface area contributed by atoms with Crippen molar-refractivity contribution in [1.29, 1.82) is 0 Å². The van der Waals surface area contributed by atoms with Crippen LogP contribution in [-0.2, 0) is 11.2 Å². The molecule has 204 valence electrons. The Labute approximate surface area is 188 Å². The summed E-state index contributed by atoms with van der Waals surface area (Å²) in [5, 5.41) is 0. The van der Waals surface area contributed by atoms with E-state index in [2.05, 4.69) is 4.74 Å². The van der Waals surface area contributed by atoms with Gasteiger partial charge in [0.2, 0.25) is 0 Å². The maximum absolute atomic E-state index is 14.2. The van der Waals surface area contributed by atoms with Crippen molar-refractivity contribution < 1.29 is 70.6 Å². The van der Waals surface area contributed by atoms with Crippen LogP contribution in [0, 0.1) is 0 Å². The van der Waals surface area contributed by atoms with Gasteiger partial charge in [0, 0.05) is 13.5 Å². The molecule has 0 fully saturated rings. The van der Waals surface area contributed by atoms with E-state index in [0.717, 1.165) is 12.1 Å². The highest BCUT2D eigenvalue weighted by molar-refractivity contribution is 5.25. The van der Waals surface area contributed by atoms with Gasteiger partial charge in [0.25, 0.3) is 0 Å². The average molecular weight is 546 g/mol. The van der Waals surface area contributed by atoms with Gasteiger partial charge in [-0.15, -0.1) is 0 Å². The predicted molar refractivity (Wildman–Crippen MR) is 90.5 cm³/mol. The number of rotatable bonds is 11. The molecule has 1 atom stereocenters. The number of ether oxygens (including phenoxy) is 1. The second-order valence-electron chi connectivity index (χ2n) is 7.49. The van der Waals surface area contributed by atoms with E-state index in [1.54, 1.807) is 6.92 Å². The van der Waals surface area contributed by atoms with Crippen LogP contribution in [0.25, 0.3) is 0 Å². The molecule has 0 amide bonds. The summed E-state index contributed by atoms with van der Waals surface area (Å²) in [6.45, 7) is 1.76. The topological polar surface area (TPSA) is 9.23 Å². The normalized spacial score (nSPS) is 15.9. The molecule has 0 aliphatic carbocycles. The average Bonchev–Trinajstić information content (AvgIpc) is 2.71. The minimum Gasteiger partial charge on any atom is -0.377 e. The molecule has 35 heavy (non-hydrogen) atoms. The van der Waals surface area contributed by atoms with Crippen LogP contribution in [0.15, 0.2) is 24.3 Å². The molecule has 16 heteroatoms. The molecule has 0 aromatic heterocycles. The van der Waals surface area contributed by atoms with E-state index in [4.69, 9.17) is 0 Å². The molecule has 0 bridgehead atoms. The maximum atomic E-state index is 14.2. The highest BCUT2D eigenvalue weighted by atomic mass is 19.4. The fourth-order valence-corrected chi connectivity index (χ4v) is 2.89. The first-order valence-electron chi connectivity index (χ1n) is 9.41. The van der Waals surface area contributed by atoms with Crippen molar-refractivity contribution in [2.45, 2.75) is 74.0 Å². The maximum Gasteiger partial charge on any atom is 0.460 e. The van der Waals surface area contributed by atoms with Gasteiger partial charge in [0.15, 0.2) is 0 Å². The SMILES string of the molecule is CCCc1ccc(C(CC(F)(F)C(F)(F)C(F)(F)C(F)(F)C(F)(F)C(F)(F)C(F)(F)F)OC)cc1. The lowest BCUT2D eigenvalue weighted by Crippen LogP contribution is -2.72. The van der Waals surface area contributed by atoms with Crippen LogP contribution in [0.5, 0.6) is 0 Å². The smallest absolute Gasteiger partial charge is 0.377 e. The van der Waals surface area contributed by atoms with E-state index < -0.39 is 54.2 Å². The summed E-state index contributed by atoms with van der Waals surface area (Å²) in [7, 11) is 0.615. The van der Waals surface area contributed by atoms with Crippen molar-refractivity contribution >= 4 is 0 Å². The Hall–Kier alpha value is -1.87. The summed E-state index contributed by atoms with van der Waals surface area (Å²) in [5.74, 6) is -46.5. The number of aryl methyl sites for hydroxylation is 1. The van der Waals surface area contributed by atoms with Crippen LogP contribution in [0.4, 0.5) is 65.9 Å². The van der Waals surface area contributed by atoms with E-state index in [9.17, 15) is 65.9 Å². The summed E-state index contributed by atoms with van der Waals surface area (Å²) in [6, 6.07) is 4.64. The molecule has 0 saturated heterocycles. The standard InChI is InChI=1S/C19H17F15O/c1-3-4-10-5-7-11(8-6-10)12(35-2)9-13(20,21)14(22,23)15(24,25)16(26,27)17(28,29)18(30,31)19(32,33)34/h5-8,12H,3-4,9H2,1-2H3. The zero-order valence-electron chi connectivity index (χ0n) is 17.6. The molecule has 1 rings (SSSR count). The molecular formula is C19H17F15O. The minimum absolute atomic E-state index is 0.369.